The Labute approximate surface area is 150 Å². The number of amides is 1. The van der Waals surface area contributed by atoms with Gasteiger partial charge in [0.05, 0.1) is 5.25 Å². The van der Waals surface area contributed by atoms with Crippen LogP contribution in [0.15, 0.2) is 47.9 Å². The number of aromatic nitrogens is 4. The molecule has 3 aromatic rings. The van der Waals surface area contributed by atoms with E-state index in [1.807, 2.05) is 51.1 Å². The summed E-state index contributed by atoms with van der Waals surface area (Å²) in [5, 5.41) is 10.3. The highest BCUT2D eigenvalue weighted by molar-refractivity contribution is 8.00. The minimum absolute atomic E-state index is 0.0750. The third-order valence-corrected chi connectivity index (χ3v) is 4.68. The van der Waals surface area contributed by atoms with E-state index in [4.69, 9.17) is 0 Å². The smallest absolute Gasteiger partial charge is 0.237 e. The van der Waals surface area contributed by atoms with Gasteiger partial charge >= 0.3 is 0 Å². The molecular weight excluding hydrogens is 334 g/mol. The SMILES string of the molecule is Cc1ccc(C)c(NC(=O)[C@H](C)Sc2n[nH]c(-c3ccncc3)n2)c1. The fraction of sp³-hybridized carbons (Fsp3) is 0.222. The summed E-state index contributed by atoms with van der Waals surface area (Å²) in [6.07, 6.45) is 3.40. The summed E-state index contributed by atoms with van der Waals surface area (Å²) < 4.78 is 0. The van der Waals surface area contributed by atoms with E-state index < -0.39 is 0 Å². The summed E-state index contributed by atoms with van der Waals surface area (Å²) in [5.74, 6) is 0.584. The van der Waals surface area contributed by atoms with Gasteiger partial charge in [-0.15, -0.1) is 5.10 Å². The molecule has 0 radical (unpaired) electrons. The maximum Gasteiger partial charge on any atom is 0.237 e. The van der Waals surface area contributed by atoms with Crippen molar-refractivity contribution < 1.29 is 4.79 Å². The van der Waals surface area contributed by atoms with E-state index in [0.29, 0.717) is 11.0 Å². The number of hydrogen-bond donors (Lipinski definition) is 2. The molecule has 0 bridgehead atoms. The Balaban J connectivity index is 1.66. The first-order valence-corrected chi connectivity index (χ1v) is 8.78. The van der Waals surface area contributed by atoms with Crippen LogP contribution in [0.5, 0.6) is 0 Å². The second-order valence-electron chi connectivity index (χ2n) is 5.77. The number of thioether (sulfide) groups is 1. The number of nitrogens with one attached hydrogen (secondary N) is 2. The minimum Gasteiger partial charge on any atom is -0.325 e. The van der Waals surface area contributed by atoms with Gasteiger partial charge in [-0.05, 0) is 50.1 Å². The zero-order chi connectivity index (χ0) is 17.8. The molecule has 0 unspecified atom stereocenters. The molecule has 0 aliphatic rings. The van der Waals surface area contributed by atoms with Crippen LogP contribution in [0.3, 0.4) is 0 Å². The first kappa shape index (κ1) is 17.2. The molecule has 3 rings (SSSR count). The van der Waals surface area contributed by atoms with E-state index >= 15 is 0 Å². The van der Waals surface area contributed by atoms with Gasteiger partial charge in [0.2, 0.25) is 11.1 Å². The number of benzene rings is 1. The normalized spacial score (nSPS) is 12.0. The summed E-state index contributed by atoms with van der Waals surface area (Å²) in [4.78, 5) is 20.9. The van der Waals surface area contributed by atoms with Gasteiger partial charge in [0.1, 0.15) is 0 Å². The number of pyridine rings is 1. The molecule has 0 aliphatic carbocycles. The van der Waals surface area contributed by atoms with Crippen LogP contribution in [0.4, 0.5) is 5.69 Å². The van der Waals surface area contributed by atoms with Gasteiger partial charge in [0.15, 0.2) is 5.82 Å². The van der Waals surface area contributed by atoms with Gasteiger partial charge in [-0.3, -0.25) is 14.9 Å². The van der Waals surface area contributed by atoms with Gasteiger partial charge < -0.3 is 5.32 Å². The van der Waals surface area contributed by atoms with Crippen molar-refractivity contribution in [3.05, 3.63) is 53.9 Å². The lowest BCUT2D eigenvalue weighted by Crippen LogP contribution is -2.23. The van der Waals surface area contributed by atoms with Crippen molar-refractivity contribution in [2.45, 2.75) is 31.2 Å². The molecule has 0 saturated carbocycles. The molecule has 1 amide bonds. The largest absolute Gasteiger partial charge is 0.325 e. The molecular formula is C18H19N5OS. The first-order chi connectivity index (χ1) is 12.0. The predicted molar refractivity (Wildman–Crippen MR) is 99.5 cm³/mol. The second kappa shape index (κ2) is 7.48. The van der Waals surface area contributed by atoms with Crippen LogP contribution in [0.1, 0.15) is 18.1 Å². The van der Waals surface area contributed by atoms with Crippen LogP contribution in [-0.2, 0) is 4.79 Å². The lowest BCUT2D eigenvalue weighted by molar-refractivity contribution is -0.115. The summed E-state index contributed by atoms with van der Waals surface area (Å²) in [6.45, 7) is 5.82. The number of rotatable bonds is 5. The van der Waals surface area contributed by atoms with E-state index in [2.05, 4.69) is 25.5 Å². The Morgan fingerprint density at radius 1 is 1.20 bits per heavy atom. The number of carbonyl (C=O) groups is 1. The van der Waals surface area contributed by atoms with Gasteiger partial charge in [-0.25, -0.2) is 4.98 Å². The van der Waals surface area contributed by atoms with Crippen LogP contribution in [0, 0.1) is 13.8 Å². The van der Waals surface area contributed by atoms with E-state index in [0.717, 1.165) is 22.4 Å². The topological polar surface area (TPSA) is 83.6 Å². The van der Waals surface area contributed by atoms with Gasteiger partial charge in [-0.1, -0.05) is 23.9 Å². The van der Waals surface area contributed by atoms with Gasteiger partial charge in [0.25, 0.3) is 0 Å². The molecule has 0 fully saturated rings. The molecule has 0 spiro atoms. The molecule has 2 N–H and O–H groups in total. The molecule has 6 nitrogen and oxygen atoms in total. The second-order valence-corrected chi connectivity index (χ2v) is 7.08. The zero-order valence-electron chi connectivity index (χ0n) is 14.3. The Morgan fingerprint density at radius 3 is 2.72 bits per heavy atom. The molecule has 128 valence electrons. The number of aromatic amines is 1. The predicted octanol–water partition coefficient (Wildman–Crippen LogP) is 3.60. The van der Waals surface area contributed by atoms with E-state index in [1.54, 1.807) is 12.4 Å². The number of anilines is 1. The summed E-state index contributed by atoms with van der Waals surface area (Å²) in [7, 11) is 0. The fourth-order valence-electron chi connectivity index (χ4n) is 2.25. The van der Waals surface area contributed by atoms with E-state index in [-0.39, 0.29) is 11.2 Å². The Hall–Kier alpha value is -2.67. The van der Waals surface area contributed by atoms with E-state index in [9.17, 15) is 4.79 Å². The first-order valence-electron chi connectivity index (χ1n) is 7.90. The average molecular weight is 353 g/mol. The number of carbonyl (C=O) groups excluding carboxylic acids is 1. The van der Waals surface area contributed by atoms with Crippen LogP contribution < -0.4 is 5.32 Å². The number of nitrogens with zero attached hydrogens (tertiary/aromatic N) is 3. The Morgan fingerprint density at radius 2 is 1.96 bits per heavy atom. The minimum atomic E-state index is -0.319. The summed E-state index contributed by atoms with van der Waals surface area (Å²) >= 11 is 1.32. The van der Waals surface area contributed by atoms with Crippen molar-refractivity contribution in [3.63, 3.8) is 0 Å². The van der Waals surface area contributed by atoms with Gasteiger partial charge in [0, 0.05) is 23.6 Å². The monoisotopic (exact) mass is 353 g/mol. The maximum atomic E-state index is 12.5. The van der Waals surface area contributed by atoms with Crippen molar-refractivity contribution in [3.8, 4) is 11.4 Å². The Bertz CT molecular complexity index is 878. The average Bonchev–Trinajstić information content (AvgIpc) is 3.07. The fourth-order valence-corrected chi connectivity index (χ4v) is 2.98. The molecule has 1 aromatic carbocycles. The Kier molecular flexibility index (Phi) is 5.14. The van der Waals surface area contributed by atoms with Crippen LogP contribution >= 0.6 is 11.8 Å². The number of hydrogen-bond acceptors (Lipinski definition) is 5. The molecule has 25 heavy (non-hydrogen) atoms. The standard InChI is InChI=1S/C18H19N5OS/c1-11-4-5-12(2)15(10-11)20-17(24)13(3)25-18-21-16(22-23-18)14-6-8-19-9-7-14/h4-10,13H,1-3H3,(H,20,24)(H,21,22,23)/t13-/m0/s1. The number of aryl methyl sites for hydroxylation is 2. The highest BCUT2D eigenvalue weighted by atomic mass is 32.2. The third-order valence-electron chi connectivity index (χ3n) is 3.72. The lowest BCUT2D eigenvalue weighted by Gasteiger charge is -2.12. The summed E-state index contributed by atoms with van der Waals surface area (Å²) in [5.41, 5.74) is 3.89. The molecule has 0 saturated heterocycles. The van der Waals surface area contributed by atoms with Crippen molar-refractivity contribution in [2.24, 2.45) is 0 Å². The van der Waals surface area contributed by atoms with Crippen molar-refractivity contribution in [2.75, 3.05) is 5.32 Å². The molecule has 2 heterocycles. The van der Waals surface area contributed by atoms with Crippen LogP contribution in [0.2, 0.25) is 0 Å². The highest BCUT2D eigenvalue weighted by Crippen LogP contribution is 2.24. The molecule has 0 aliphatic heterocycles. The molecule has 2 aromatic heterocycles. The zero-order valence-corrected chi connectivity index (χ0v) is 15.1. The summed E-state index contributed by atoms with van der Waals surface area (Å²) in [6, 6.07) is 9.70. The van der Waals surface area contributed by atoms with E-state index in [1.165, 1.54) is 11.8 Å². The quantitative estimate of drug-likeness (QED) is 0.685. The van der Waals surface area contributed by atoms with Crippen molar-refractivity contribution in [1.82, 2.24) is 20.2 Å². The highest BCUT2D eigenvalue weighted by Gasteiger charge is 2.18. The molecule has 7 heteroatoms. The van der Waals surface area contributed by atoms with Crippen LogP contribution in [0.25, 0.3) is 11.4 Å². The maximum absolute atomic E-state index is 12.5. The number of H-pyrrole nitrogens is 1. The molecule has 1 atom stereocenters. The van der Waals surface area contributed by atoms with Crippen LogP contribution in [-0.4, -0.2) is 31.3 Å². The van der Waals surface area contributed by atoms with Crippen molar-refractivity contribution >= 4 is 23.4 Å². The van der Waals surface area contributed by atoms with Crippen molar-refractivity contribution in [1.29, 1.82) is 0 Å². The third kappa shape index (κ3) is 4.24. The van der Waals surface area contributed by atoms with Gasteiger partial charge in [-0.2, -0.15) is 0 Å². The lowest BCUT2D eigenvalue weighted by atomic mass is 10.1.